The molecule has 21 heavy (non-hydrogen) atoms. The number of nitrogens with zero attached hydrogens (tertiary/aromatic N) is 3. The molecule has 0 unspecified atom stereocenters. The first kappa shape index (κ1) is 13.3. The maximum atomic E-state index is 11.0. The summed E-state index contributed by atoms with van der Waals surface area (Å²) in [5.41, 5.74) is 3.26. The second-order valence-electron chi connectivity index (χ2n) is 4.96. The molecule has 1 N–H and O–H groups in total. The molecule has 0 aliphatic carbocycles. The lowest BCUT2D eigenvalue weighted by Crippen LogP contribution is -2.02. The van der Waals surface area contributed by atoms with Crippen LogP contribution < -0.4 is 0 Å². The third kappa shape index (κ3) is 2.63. The first-order valence-corrected chi connectivity index (χ1v) is 6.72. The molecule has 106 valence electrons. The quantitative estimate of drug-likeness (QED) is 0.797. The van der Waals surface area contributed by atoms with Crippen LogP contribution in [-0.4, -0.2) is 25.6 Å². The monoisotopic (exact) mass is 281 g/mol. The number of aryl methyl sites for hydroxylation is 3. The van der Waals surface area contributed by atoms with Crippen LogP contribution in [0, 0.1) is 0 Å². The molecule has 0 saturated carbocycles. The fourth-order valence-corrected chi connectivity index (χ4v) is 2.44. The van der Waals surface area contributed by atoms with Gasteiger partial charge in [0.1, 0.15) is 11.3 Å². The van der Waals surface area contributed by atoms with E-state index in [1.165, 1.54) is 0 Å². The van der Waals surface area contributed by atoms with Crippen molar-refractivity contribution in [2.45, 2.75) is 12.8 Å². The van der Waals surface area contributed by atoms with E-state index in [9.17, 15) is 4.79 Å². The van der Waals surface area contributed by atoms with Gasteiger partial charge in [0.05, 0.1) is 17.3 Å². The molecule has 0 fully saturated rings. The highest BCUT2D eigenvalue weighted by molar-refractivity contribution is 5.87. The summed E-state index contributed by atoms with van der Waals surface area (Å²) in [5, 5.41) is 9.01. The van der Waals surface area contributed by atoms with Crippen LogP contribution >= 0.6 is 0 Å². The third-order valence-corrected chi connectivity index (χ3v) is 3.59. The first-order chi connectivity index (χ1) is 10.1. The van der Waals surface area contributed by atoms with Crippen molar-refractivity contribution >= 4 is 17.0 Å². The van der Waals surface area contributed by atoms with Gasteiger partial charge in [-0.15, -0.1) is 0 Å². The van der Waals surface area contributed by atoms with Gasteiger partial charge in [0, 0.05) is 19.7 Å². The predicted octanol–water partition coefficient (Wildman–Crippen LogP) is 2.45. The SMILES string of the molecule is Cn1c(CCc2cccc(C(=O)O)c2)nc2cnccc21. The molecule has 0 saturated heterocycles. The van der Waals surface area contributed by atoms with Crippen LogP contribution in [0.5, 0.6) is 0 Å². The molecule has 0 amide bonds. The summed E-state index contributed by atoms with van der Waals surface area (Å²) in [4.78, 5) is 19.6. The summed E-state index contributed by atoms with van der Waals surface area (Å²) < 4.78 is 2.05. The van der Waals surface area contributed by atoms with E-state index in [1.54, 1.807) is 30.6 Å². The average Bonchev–Trinajstić information content (AvgIpc) is 2.82. The standard InChI is InChI=1S/C16H15N3O2/c1-19-14-7-8-17-10-13(14)18-15(19)6-5-11-3-2-4-12(9-11)16(20)21/h2-4,7-10H,5-6H2,1H3,(H,20,21). The van der Waals surface area contributed by atoms with Crippen LogP contribution in [0.3, 0.4) is 0 Å². The van der Waals surface area contributed by atoms with Crippen LogP contribution in [0.15, 0.2) is 42.7 Å². The number of aromatic nitrogens is 3. The van der Waals surface area contributed by atoms with E-state index in [4.69, 9.17) is 5.11 Å². The molecule has 3 aromatic rings. The van der Waals surface area contributed by atoms with Gasteiger partial charge < -0.3 is 9.67 Å². The number of aromatic carboxylic acids is 1. The van der Waals surface area contributed by atoms with E-state index in [2.05, 4.69) is 14.5 Å². The van der Waals surface area contributed by atoms with Crippen LogP contribution in [0.1, 0.15) is 21.7 Å². The molecule has 5 heteroatoms. The number of fused-ring (bicyclic) bond motifs is 1. The predicted molar refractivity (Wildman–Crippen MR) is 79.3 cm³/mol. The Labute approximate surface area is 121 Å². The lowest BCUT2D eigenvalue weighted by atomic mass is 10.1. The van der Waals surface area contributed by atoms with E-state index in [-0.39, 0.29) is 0 Å². The van der Waals surface area contributed by atoms with Crippen molar-refractivity contribution in [3.8, 4) is 0 Å². The van der Waals surface area contributed by atoms with Crippen LogP contribution in [-0.2, 0) is 19.9 Å². The Hall–Kier alpha value is -2.69. The van der Waals surface area contributed by atoms with Gasteiger partial charge in [-0.05, 0) is 30.2 Å². The summed E-state index contributed by atoms with van der Waals surface area (Å²) in [7, 11) is 1.98. The van der Waals surface area contributed by atoms with E-state index < -0.39 is 5.97 Å². The van der Waals surface area contributed by atoms with Gasteiger partial charge in [-0.3, -0.25) is 4.98 Å². The second kappa shape index (κ2) is 5.36. The zero-order valence-electron chi connectivity index (χ0n) is 11.7. The van der Waals surface area contributed by atoms with Crippen LogP contribution in [0.25, 0.3) is 11.0 Å². The maximum absolute atomic E-state index is 11.0. The van der Waals surface area contributed by atoms with E-state index in [0.29, 0.717) is 5.56 Å². The molecule has 1 aromatic carbocycles. The third-order valence-electron chi connectivity index (χ3n) is 3.59. The molecular formula is C16H15N3O2. The summed E-state index contributed by atoms with van der Waals surface area (Å²) >= 11 is 0. The van der Waals surface area contributed by atoms with Gasteiger partial charge in [0.25, 0.3) is 0 Å². The molecule has 0 bridgehead atoms. The Bertz CT molecular complexity index is 808. The van der Waals surface area contributed by atoms with Crippen molar-refractivity contribution in [2.24, 2.45) is 7.05 Å². The topological polar surface area (TPSA) is 68.0 Å². The van der Waals surface area contributed by atoms with Gasteiger partial charge in [-0.25, -0.2) is 9.78 Å². The summed E-state index contributed by atoms with van der Waals surface area (Å²) in [6, 6.07) is 8.98. The number of carboxylic acids is 1. The van der Waals surface area contributed by atoms with E-state index >= 15 is 0 Å². The smallest absolute Gasteiger partial charge is 0.335 e. The summed E-state index contributed by atoms with van der Waals surface area (Å²) in [6.45, 7) is 0. The van der Waals surface area contributed by atoms with Crippen molar-refractivity contribution in [2.75, 3.05) is 0 Å². The molecule has 3 rings (SSSR count). The minimum Gasteiger partial charge on any atom is -0.478 e. The lowest BCUT2D eigenvalue weighted by Gasteiger charge is -2.04. The van der Waals surface area contributed by atoms with Crippen LogP contribution in [0.4, 0.5) is 0 Å². The Kier molecular flexibility index (Phi) is 3.39. The fraction of sp³-hybridized carbons (Fsp3) is 0.188. The zero-order chi connectivity index (χ0) is 14.8. The minimum absolute atomic E-state index is 0.321. The lowest BCUT2D eigenvalue weighted by molar-refractivity contribution is 0.0697. The largest absolute Gasteiger partial charge is 0.478 e. The molecule has 0 atom stereocenters. The Balaban J connectivity index is 1.82. The Morgan fingerprint density at radius 2 is 2.14 bits per heavy atom. The highest BCUT2D eigenvalue weighted by Gasteiger charge is 2.08. The molecule has 5 nitrogen and oxygen atoms in total. The maximum Gasteiger partial charge on any atom is 0.335 e. The number of benzene rings is 1. The Morgan fingerprint density at radius 3 is 2.90 bits per heavy atom. The van der Waals surface area contributed by atoms with E-state index in [1.807, 2.05) is 19.2 Å². The van der Waals surface area contributed by atoms with Crippen molar-refractivity contribution in [1.29, 1.82) is 0 Å². The second-order valence-corrected chi connectivity index (χ2v) is 4.96. The van der Waals surface area contributed by atoms with Gasteiger partial charge in [0.15, 0.2) is 0 Å². The average molecular weight is 281 g/mol. The normalized spacial score (nSPS) is 10.9. The first-order valence-electron chi connectivity index (χ1n) is 6.72. The summed E-state index contributed by atoms with van der Waals surface area (Å²) in [6.07, 6.45) is 5.02. The van der Waals surface area contributed by atoms with Gasteiger partial charge in [-0.1, -0.05) is 12.1 Å². The molecular weight excluding hydrogens is 266 g/mol. The van der Waals surface area contributed by atoms with Crippen LogP contribution in [0.2, 0.25) is 0 Å². The summed E-state index contributed by atoms with van der Waals surface area (Å²) in [5.74, 6) is 0.0735. The van der Waals surface area contributed by atoms with Crippen molar-refractivity contribution in [1.82, 2.24) is 14.5 Å². The van der Waals surface area contributed by atoms with Crippen molar-refractivity contribution < 1.29 is 9.90 Å². The zero-order valence-corrected chi connectivity index (χ0v) is 11.7. The van der Waals surface area contributed by atoms with Crippen molar-refractivity contribution in [3.63, 3.8) is 0 Å². The minimum atomic E-state index is -0.898. The Morgan fingerprint density at radius 1 is 1.29 bits per heavy atom. The van der Waals surface area contributed by atoms with Crippen molar-refractivity contribution in [3.05, 3.63) is 59.7 Å². The molecule has 0 spiro atoms. The highest BCUT2D eigenvalue weighted by atomic mass is 16.4. The molecule has 2 aromatic heterocycles. The van der Waals surface area contributed by atoms with E-state index in [0.717, 1.165) is 35.3 Å². The van der Waals surface area contributed by atoms with Gasteiger partial charge in [-0.2, -0.15) is 0 Å². The number of imidazole rings is 1. The molecule has 0 aliphatic heterocycles. The number of carboxylic acid groups (broad SMARTS) is 1. The fourth-order valence-electron chi connectivity index (χ4n) is 2.44. The van der Waals surface area contributed by atoms with Gasteiger partial charge in [0.2, 0.25) is 0 Å². The van der Waals surface area contributed by atoms with Gasteiger partial charge >= 0.3 is 5.97 Å². The number of carbonyl (C=O) groups is 1. The number of hydrogen-bond donors (Lipinski definition) is 1. The highest BCUT2D eigenvalue weighted by Crippen LogP contribution is 2.15. The number of hydrogen-bond acceptors (Lipinski definition) is 3. The molecule has 0 aliphatic rings. The molecule has 0 radical (unpaired) electrons. The molecule has 2 heterocycles. The number of pyridine rings is 1. The number of rotatable bonds is 4.